The lowest BCUT2D eigenvalue weighted by Crippen LogP contribution is -2.56. The van der Waals surface area contributed by atoms with Crippen molar-refractivity contribution in [2.75, 3.05) is 27.2 Å². The number of carbonyl (C=O) groups is 1. The molecule has 1 aromatic carbocycles. The third kappa shape index (κ3) is 2.43. The molecule has 25 heavy (non-hydrogen) atoms. The molecule has 1 aliphatic heterocycles. The van der Waals surface area contributed by atoms with Gasteiger partial charge in [0.2, 0.25) is 0 Å². The molecule has 1 aromatic heterocycles. The van der Waals surface area contributed by atoms with Crippen LogP contribution in [0.15, 0.2) is 30.3 Å². The van der Waals surface area contributed by atoms with Crippen molar-refractivity contribution >= 4 is 22.9 Å². The molecule has 1 aliphatic carbocycles. The smallest absolute Gasteiger partial charge is 0.314 e. The topological polar surface area (TPSA) is 45.3 Å². The fourth-order valence-corrected chi connectivity index (χ4v) is 5.06. The number of benzene rings is 1. The lowest BCUT2D eigenvalue weighted by atomic mass is 9.63. The number of para-hydroxylation sites is 1. The van der Waals surface area contributed by atoms with E-state index in [0.29, 0.717) is 5.92 Å². The second kappa shape index (κ2) is 6.03. The molecule has 4 heteroatoms. The number of hydrogen-bond donors (Lipinski definition) is 1. The van der Waals surface area contributed by atoms with Crippen LogP contribution in [-0.2, 0) is 16.0 Å². The van der Waals surface area contributed by atoms with E-state index in [1.54, 1.807) is 0 Å². The molecule has 0 radical (unpaired) electrons. The lowest BCUT2D eigenvalue weighted by Gasteiger charge is -2.48. The van der Waals surface area contributed by atoms with Crippen molar-refractivity contribution in [2.24, 2.45) is 17.3 Å². The van der Waals surface area contributed by atoms with Crippen LogP contribution >= 0.6 is 0 Å². The van der Waals surface area contributed by atoms with Gasteiger partial charge in [-0.2, -0.15) is 0 Å². The summed E-state index contributed by atoms with van der Waals surface area (Å²) in [5.74, 6) is 0.593. The Kier molecular flexibility index (Phi) is 3.95. The summed E-state index contributed by atoms with van der Waals surface area (Å²) in [6, 6.07) is 8.35. The Morgan fingerprint density at radius 3 is 2.96 bits per heavy atom. The minimum Gasteiger partial charge on any atom is -0.469 e. The Morgan fingerprint density at radius 1 is 1.40 bits per heavy atom. The number of nitrogens with one attached hydrogen (secondary N) is 1. The fraction of sp³-hybridized carbons (Fsp3) is 0.476. The van der Waals surface area contributed by atoms with Crippen molar-refractivity contribution < 1.29 is 9.53 Å². The number of hydrogen-bond acceptors (Lipinski definition) is 3. The van der Waals surface area contributed by atoms with E-state index in [9.17, 15) is 4.79 Å². The molecule has 1 saturated heterocycles. The summed E-state index contributed by atoms with van der Waals surface area (Å²) in [4.78, 5) is 18.9. The number of carbonyl (C=O) groups excluding carboxylic acids is 1. The van der Waals surface area contributed by atoms with E-state index in [1.807, 2.05) is 6.07 Å². The average molecular weight is 338 g/mol. The molecule has 0 saturated carbocycles. The van der Waals surface area contributed by atoms with Crippen LogP contribution in [0.5, 0.6) is 0 Å². The van der Waals surface area contributed by atoms with Gasteiger partial charge in [0, 0.05) is 29.7 Å². The molecule has 1 fully saturated rings. The van der Waals surface area contributed by atoms with Gasteiger partial charge in [-0.05, 0) is 43.0 Å². The van der Waals surface area contributed by atoms with Crippen molar-refractivity contribution in [3.63, 3.8) is 0 Å². The molecule has 0 bridgehead atoms. The highest BCUT2D eigenvalue weighted by molar-refractivity contribution is 5.89. The van der Waals surface area contributed by atoms with E-state index in [-0.39, 0.29) is 11.9 Å². The second-order valence-corrected chi connectivity index (χ2v) is 7.64. The SMILES string of the molecule is CC[C@@H]1CN(C)C[C@@]2(C(=O)OC)Cc3c([nH]c4ccccc34)C=C[C@@H]12. The van der Waals surface area contributed by atoms with E-state index in [2.05, 4.69) is 54.2 Å². The molecular formula is C21H26N2O2. The van der Waals surface area contributed by atoms with E-state index in [0.717, 1.165) is 37.1 Å². The maximum absolute atomic E-state index is 13.1. The first-order valence-electron chi connectivity index (χ1n) is 9.14. The molecule has 3 atom stereocenters. The Hall–Kier alpha value is -2.07. The van der Waals surface area contributed by atoms with Gasteiger partial charge in [0.25, 0.3) is 0 Å². The maximum atomic E-state index is 13.1. The highest BCUT2D eigenvalue weighted by Crippen LogP contribution is 2.47. The highest BCUT2D eigenvalue weighted by Gasteiger charge is 2.53. The number of aromatic amines is 1. The fourth-order valence-electron chi connectivity index (χ4n) is 5.06. The second-order valence-electron chi connectivity index (χ2n) is 7.64. The Morgan fingerprint density at radius 2 is 2.20 bits per heavy atom. The number of piperidine rings is 1. The number of fused-ring (bicyclic) bond motifs is 4. The molecule has 1 N–H and O–H groups in total. The third-order valence-corrected chi connectivity index (χ3v) is 6.17. The first-order chi connectivity index (χ1) is 12.1. The summed E-state index contributed by atoms with van der Waals surface area (Å²) in [5.41, 5.74) is 2.99. The van der Waals surface area contributed by atoms with Crippen LogP contribution in [0.2, 0.25) is 0 Å². The van der Waals surface area contributed by atoms with E-state index in [4.69, 9.17) is 4.74 Å². The number of nitrogens with zero attached hydrogens (tertiary/aromatic N) is 1. The number of aromatic nitrogens is 1. The minimum absolute atomic E-state index is 0.0784. The van der Waals surface area contributed by atoms with E-state index >= 15 is 0 Å². The normalized spacial score (nSPS) is 29.1. The van der Waals surface area contributed by atoms with Gasteiger partial charge in [-0.1, -0.05) is 37.6 Å². The largest absolute Gasteiger partial charge is 0.469 e. The predicted octanol–water partition coefficient (Wildman–Crippen LogP) is 3.48. The number of ether oxygens (including phenoxy) is 1. The Bertz CT molecular complexity index is 838. The first kappa shape index (κ1) is 16.4. The first-order valence-corrected chi connectivity index (χ1v) is 9.14. The van der Waals surface area contributed by atoms with Gasteiger partial charge in [-0.15, -0.1) is 0 Å². The zero-order valence-electron chi connectivity index (χ0n) is 15.2. The molecule has 2 aliphatic rings. The monoisotopic (exact) mass is 338 g/mol. The summed E-state index contributed by atoms with van der Waals surface area (Å²) < 4.78 is 5.34. The number of esters is 1. The van der Waals surface area contributed by atoms with Crippen molar-refractivity contribution in [3.8, 4) is 0 Å². The van der Waals surface area contributed by atoms with Gasteiger partial charge in [0.1, 0.15) is 0 Å². The number of rotatable bonds is 2. The Balaban J connectivity index is 1.91. The van der Waals surface area contributed by atoms with Gasteiger partial charge in [0.05, 0.1) is 12.5 Å². The van der Waals surface area contributed by atoms with Crippen molar-refractivity contribution in [2.45, 2.75) is 19.8 Å². The molecule has 0 unspecified atom stereocenters. The van der Waals surface area contributed by atoms with Gasteiger partial charge in [-0.25, -0.2) is 0 Å². The van der Waals surface area contributed by atoms with Crippen LogP contribution in [0.25, 0.3) is 17.0 Å². The van der Waals surface area contributed by atoms with Crippen LogP contribution in [0, 0.1) is 17.3 Å². The molecule has 2 heterocycles. The Labute approximate surface area is 148 Å². The summed E-state index contributed by atoms with van der Waals surface area (Å²) in [5, 5.41) is 1.22. The van der Waals surface area contributed by atoms with E-state index < -0.39 is 5.41 Å². The van der Waals surface area contributed by atoms with Crippen LogP contribution < -0.4 is 0 Å². The van der Waals surface area contributed by atoms with Crippen molar-refractivity contribution in [1.29, 1.82) is 0 Å². The summed E-state index contributed by atoms with van der Waals surface area (Å²) in [6.45, 7) is 3.99. The highest BCUT2D eigenvalue weighted by atomic mass is 16.5. The zero-order chi connectivity index (χ0) is 17.6. The maximum Gasteiger partial charge on any atom is 0.314 e. The quantitative estimate of drug-likeness (QED) is 0.853. The van der Waals surface area contributed by atoms with Gasteiger partial charge in [-0.3, -0.25) is 4.79 Å². The predicted molar refractivity (Wildman–Crippen MR) is 100 cm³/mol. The van der Waals surface area contributed by atoms with Crippen molar-refractivity contribution in [1.82, 2.24) is 9.88 Å². The van der Waals surface area contributed by atoms with Gasteiger partial charge < -0.3 is 14.6 Å². The van der Waals surface area contributed by atoms with Crippen LogP contribution in [0.3, 0.4) is 0 Å². The van der Waals surface area contributed by atoms with Crippen LogP contribution in [0.4, 0.5) is 0 Å². The zero-order valence-corrected chi connectivity index (χ0v) is 15.2. The van der Waals surface area contributed by atoms with Crippen LogP contribution in [0.1, 0.15) is 24.6 Å². The minimum atomic E-state index is -0.519. The molecule has 4 nitrogen and oxygen atoms in total. The molecule has 4 rings (SSSR count). The molecular weight excluding hydrogens is 312 g/mol. The number of methoxy groups -OCH3 is 1. The summed E-state index contributed by atoms with van der Waals surface area (Å²) in [7, 11) is 3.64. The summed E-state index contributed by atoms with van der Waals surface area (Å²) in [6.07, 6.45) is 6.24. The summed E-state index contributed by atoms with van der Waals surface area (Å²) >= 11 is 0. The number of allylic oxidation sites excluding steroid dienone is 1. The molecule has 0 amide bonds. The standard InChI is InChI=1S/C21H26N2O2/c1-4-14-12-23(2)13-21(20(24)25-3)11-16-15-7-5-6-8-18(15)22-19(16)10-9-17(14)21/h5-10,14,17,22H,4,11-13H2,1-3H3/t14-,17+,21+/m1/s1. The number of likely N-dealkylation sites (tertiary alicyclic amines) is 1. The molecule has 2 aromatic rings. The van der Waals surface area contributed by atoms with Crippen LogP contribution in [-0.4, -0.2) is 43.1 Å². The molecule has 0 spiro atoms. The van der Waals surface area contributed by atoms with Gasteiger partial charge in [0.15, 0.2) is 0 Å². The van der Waals surface area contributed by atoms with Gasteiger partial charge >= 0.3 is 5.97 Å². The van der Waals surface area contributed by atoms with E-state index in [1.165, 1.54) is 18.1 Å². The number of H-pyrrole nitrogens is 1. The van der Waals surface area contributed by atoms with Crippen molar-refractivity contribution in [3.05, 3.63) is 41.6 Å². The average Bonchev–Trinajstić information content (AvgIpc) is 2.87. The molecule has 132 valence electrons. The lowest BCUT2D eigenvalue weighted by molar-refractivity contribution is -0.161. The third-order valence-electron chi connectivity index (χ3n) is 6.17.